The van der Waals surface area contributed by atoms with Crippen molar-refractivity contribution >= 4 is 11.7 Å². The molecule has 2 aliphatic rings. The zero-order valence-corrected chi connectivity index (χ0v) is 19.8. The Morgan fingerprint density at radius 3 is 2.53 bits per heavy atom. The van der Waals surface area contributed by atoms with Crippen LogP contribution in [-0.4, -0.2) is 50.8 Å². The van der Waals surface area contributed by atoms with E-state index in [1.54, 1.807) is 14.2 Å². The highest BCUT2D eigenvalue weighted by Gasteiger charge is 2.50. The lowest BCUT2D eigenvalue weighted by Gasteiger charge is -2.45. The van der Waals surface area contributed by atoms with Crippen molar-refractivity contribution in [1.29, 1.82) is 0 Å². The van der Waals surface area contributed by atoms with E-state index in [0.717, 1.165) is 49.4 Å². The summed E-state index contributed by atoms with van der Waals surface area (Å²) in [5, 5.41) is 6.23. The second-order valence-corrected chi connectivity index (χ2v) is 9.34. The highest BCUT2D eigenvalue weighted by atomic mass is 16.5. The van der Waals surface area contributed by atoms with Gasteiger partial charge in [0.25, 0.3) is 0 Å². The average Bonchev–Trinajstić information content (AvgIpc) is 3.13. The number of carbonyl (C=O) groups is 1. The van der Waals surface area contributed by atoms with Gasteiger partial charge in [0.05, 0.1) is 14.2 Å². The van der Waals surface area contributed by atoms with Crippen LogP contribution in [0.1, 0.15) is 42.4 Å². The zero-order chi connectivity index (χ0) is 22.9. The summed E-state index contributed by atoms with van der Waals surface area (Å²) < 4.78 is 11.0. The molecule has 1 saturated heterocycles. The molecule has 172 valence electrons. The maximum atomic E-state index is 12.7. The van der Waals surface area contributed by atoms with Crippen LogP contribution in [0.15, 0.2) is 36.4 Å². The number of hydrogen-bond acceptors (Lipinski definition) is 4. The van der Waals surface area contributed by atoms with Crippen LogP contribution in [-0.2, 0) is 5.41 Å². The van der Waals surface area contributed by atoms with Crippen molar-refractivity contribution in [3.63, 3.8) is 0 Å². The van der Waals surface area contributed by atoms with E-state index < -0.39 is 0 Å². The van der Waals surface area contributed by atoms with Crippen molar-refractivity contribution in [1.82, 2.24) is 10.2 Å². The number of aryl methyl sites for hydroxylation is 2. The number of methoxy groups -OCH3 is 2. The molecule has 2 amide bonds. The van der Waals surface area contributed by atoms with Crippen LogP contribution in [0.5, 0.6) is 11.5 Å². The van der Waals surface area contributed by atoms with E-state index in [2.05, 4.69) is 48.6 Å². The van der Waals surface area contributed by atoms with Gasteiger partial charge >= 0.3 is 6.03 Å². The molecule has 1 aliphatic heterocycles. The number of benzene rings is 2. The highest BCUT2D eigenvalue weighted by molar-refractivity contribution is 5.89. The first kappa shape index (κ1) is 22.5. The standard InChI is InChI=1S/C26H35N3O3/c1-17-6-8-20(14-18(17)2)27-25(30)28-21-10-11-26(12-13-29(3)24(26)16-21)19-7-9-22(31-4)23(15-19)32-5/h6-9,14-15,21,24H,10-13,16H2,1-5H3,(H2,27,28,30)/t21-,24+,26+/m1/s1. The predicted octanol–water partition coefficient (Wildman–Crippen LogP) is 4.64. The van der Waals surface area contributed by atoms with Crippen molar-refractivity contribution in [3.05, 3.63) is 53.1 Å². The Labute approximate surface area is 191 Å². The maximum Gasteiger partial charge on any atom is 0.319 e. The summed E-state index contributed by atoms with van der Waals surface area (Å²) in [5.41, 5.74) is 4.62. The molecule has 6 nitrogen and oxygen atoms in total. The molecule has 2 N–H and O–H groups in total. The summed E-state index contributed by atoms with van der Waals surface area (Å²) in [7, 11) is 5.55. The number of rotatable bonds is 5. The van der Waals surface area contributed by atoms with Crippen LogP contribution < -0.4 is 20.1 Å². The first-order valence-electron chi connectivity index (χ1n) is 11.4. The molecule has 0 radical (unpaired) electrons. The Hall–Kier alpha value is -2.73. The van der Waals surface area contributed by atoms with Crippen LogP contribution in [0, 0.1) is 13.8 Å². The minimum Gasteiger partial charge on any atom is -0.493 e. The molecule has 1 saturated carbocycles. The van der Waals surface area contributed by atoms with Gasteiger partial charge in [-0.25, -0.2) is 4.79 Å². The molecular weight excluding hydrogens is 402 g/mol. The van der Waals surface area contributed by atoms with E-state index in [0.29, 0.717) is 6.04 Å². The molecule has 2 fully saturated rings. The van der Waals surface area contributed by atoms with E-state index >= 15 is 0 Å². The Morgan fingerprint density at radius 2 is 1.81 bits per heavy atom. The fraction of sp³-hybridized carbons (Fsp3) is 0.500. The Balaban J connectivity index is 1.47. The summed E-state index contributed by atoms with van der Waals surface area (Å²) in [4.78, 5) is 15.1. The van der Waals surface area contributed by atoms with Crippen LogP contribution in [0.4, 0.5) is 10.5 Å². The SMILES string of the molecule is COc1ccc([C@@]23CC[C@@H](NC(=O)Nc4ccc(C)c(C)c4)C[C@@H]2N(C)CC3)cc1OC. The largest absolute Gasteiger partial charge is 0.493 e. The van der Waals surface area contributed by atoms with Gasteiger partial charge in [-0.3, -0.25) is 0 Å². The molecule has 0 unspecified atom stereocenters. The van der Waals surface area contributed by atoms with Gasteiger partial charge in [-0.05, 0) is 94.1 Å². The molecule has 0 bridgehead atoms. The normalized spacial score (nSPS) is 25.2. The Morgan fingerprint density at radius 1 is 1.03 bits per heavy atom. The smallest absolute Gasteiger partial charge is 0.319 e. The number of carbonyl (C=O) groups excluding carboxylic acids is 1. The Bertz CT molecular complexity index is 992. The second kappa shape index (κ2) is 9.02. The molecule has 3 atom stereocenters. The third-order valence-electron chi connectivity index (χ3n) is 7.59. The van der Waals surface area contributed by atoms with Gasteiger partial charge in [0.2, 0.25) is 0 Å². The summed E-state index contributed by atoms with van der Waals surface area (Å²) in [5.74, 6) is 1.54. The van der Waals surface area contributed by atoms with Gasteiger partial charge in [0.15, 0.2) is 11.5 Å². The summed E-state index contributed by atoms with van der Waals surface area (Å²) >= 11 is 0. The van der Waals surface area contributed by atoms with Gasteiger partial charge < -0.3 is 25.0 Å². The van der Waals surface area contributed by atoms with Crippen molar-refractivity contribution in [2.75, 3.05) is 33.1 Å². The van der Waals surface area contributed by atoms with Crippen molar-refractivity contribution in [3.8, 4) is 11.5 Å². The van der Waals surface area contributed by atoms with Crippen LogP contribution in [0.3, 0.4) is 0 Å². The summed E-state index contributed by atoms with van der Waals surface area (Å²) in [6, 6.07) is 12.8. The van der Waals surface area contributed by atoms with Gasteiger partial charge in [-0.15, -0.1) is 0 Å². The minimum atomic E-state index is -0.127. The van der Waals surface area contributed by atoms with E-state index in [4.69, 9.17) is 9.47 Å². The van der Waals surface area contributed by atoms with Crippen LogP contribution in [0.2, 0.25) is 0 Å². The van der Waals surface area contributed by atoms with Crippen molar-refractivity contribution in [2.24, 2.45) is 0 Å². The molecule has 32 heavy (non-hydrogen) atoms. The number of likely N-dealkylation sites (N-methyl/N-ethyl adjacent to an activating group) is 1. The number of amides is 2. The van der Waals surface area contributed by atoms with E-state index in [-0.39, 0.29) is 17.5 Å². The van der Waals surface area contributed by atoms with Gasteiger partial charge in [0, 0.05) is 23.2 Å². The first-order chi connectivity index (χ1) is 15.4. The van der Waals surface area contributed by atoms with Gasteiger partial charge in [0.1, 0.15) is 0 Å². The number of nitrogens with zero attached hydrogens (tertiary/aromatic N) is 1. The third-order valence-corrected chi connectivity index (χ3v) is 7.59. The first-order valence-corrected chi connectivity index (χ1v) is 11.4. The predicted molar refractivity (Wildman–Crippen MR) is 128 cm³/mol. The molecule has 2 aromatic carbocycles. The zero-order valence-electron chi connectivity index (χ0n) is 19.8. The lowest BCUT2D eigenvalue weighted by Crippen LogP contribution is -2.52. The molecule has 1 heterocycles. The van der Waals surface area contributed by atoms with Gasteiger partial charge in [-0.1, -0.05) is 12.1 Å². The van der Waals surface area contributed by atoms with Crippen LogP contribution >= 0.6 is 0 Å². The number of urea groups is 1. The lowest BCUT2D eigenvalue weighted by atomic mass is 9.65. The number of fused-ring (bicyclic) bond motifs is 1. The molecule has 6 heteroatoms. The molecule has 0 spiro atoms. The monoisotopic (exact) mass is 437 g/mol. The average molecular weight is 438 g/mol. The fourth-order valence-corrected chi connectivity index (χ4v) is 5.57. The topological polar surface area (TPSA) is 62.8 Å². The van der Waals surface area contributed by atoms with E-state index in [1.165, 1.54) is 16.7 Å². The number of hydrogen-bond donors (Lipinski definition) is 2. The van der Waals surface area contributed by atoms with Crippen molar-refractivity contribution < 1.29 is 14.3 Å². The highest BCUT2D eigenvalue weighted by Crippen LogP contribution is 2.49. The number of likely N-dealkylation sites (tertiary alicyclic amines) is 1. The van der Waals surface area contributed by atoms with E-state index in [1.807, 2.05) is 24.3 Å². The fourth-order valence-electron chi connectivity index (χ4n) is 5.57. The molecular formula is C26H35N3O3. The molecule has 1 aliphatic carbocycles. The van der Waals surface area contributed by atoms with Crippen LogP contribution in [0.25, 0.3) is 0 Å². The molecule has 2 aromatic rings. The summed E-state index contributed by atoms with van der Waals surface area (Å²) in [6.45, 7) is 5.19. The summed E-state index contributed by atoms with van der Waals surface area (Å²) in [6.07, 6.45) is 4.04. The lowest BCUT2D eigenvalue weighted by molar-refractivity contribution is 0.156. The maximum absolute atomic E-state index is 12.7. The second-order valence-electron chi connectivity index (χ2n) is 9.34. The molecule has 0 aromatic heterocycles. The van der Waals surface area contributed by atoms with Gasteiger partial charge in [-0.2, -0.15) is 0 Å². The van der Waals surface area contributed by atoms with E-state index in [9.17, 15) is 4.79 Å². The molecule has 4 rings (SSSR count). The minimum absolute atomic E-state index is 0.0804. The van der Waals surface area contributed by atoms with Crippen molar-refractivity contribution in [2.45, 2.75) is 57.0 Å². The number of anilines is 1. The quantitative estimate of drug-likeness (QED) is 0.716. The number of ether oxygens (including phenoxy) is 2. The number of nitrogens with one attached hydrogen (secondary N) is 2. The Kier molecular flexibility index (Phi) is 6.33. The third kappa shape index (κ3) is 4.16.